The highest BCUT2D eigenvalue weighted by atomic mass is 16.5. The van der Waals surface area contributed by atoms with Crippen molar-refractivity contribution in [2.45, 2.75) is 13.3 Å². The quantitative estimate of drug-likeness (QED) is 0.643. The predicted octanol–water partition coefficient (Wildman–Crippen LogP) is 1.70. The smallest absolute Gasteiger partial charge is 0.100 e. The van der Waals surface area contributed by atoms with Crippen LogP contribution in [-0.2, 0) is 4.74 Å². The molecule has 1 N–H and O–H groups in total. The fraction of sp³-hybridized carbons (Fsp3) is 0.600. The Labute approximate surface area is 74.3 Å². The summed E-state index contributed by atoms with van der Waals surface area (Å²) in [5, 5.41) is 3.05. The minimum Gasteiger partial charge on any atom is -0.496 e. The zero-order valence-electron chi connectivity index (χ0n) is 7.84. The molecule has 0 aliphatic heterocycles. The SMILES string of the molecule is CNCCOC1=CC=CCC1C. The molecule has 0 radical (unpaired) electrons. The van der Waals surface area contributed by atoms with Crippen LogP contribution in [0.5, 0.6) is 0 Å². The highest BCUT2D eigenvalue weighted by Gasteiger charge is 2.09. The van der Waals surface area contributed by atoms with Gasteiger partial charge in [0.1, 0.15) is 6.61 Å². The van der Waals surface area contributed by atoms with Crippen LogP contribution in [0.2, 0.25) is 0 Å². The monoisotopic (exact) mass is 167 g/mol. The van der Waals surface area contributed by atoms with Gasteiger partial charge in [0, 0.05) is 12.5 Å². The van der Waals surface area contributed by atoms with Crippen LogP contribution in [0.25, 0.3) is 0 Å². The average molecular weight is 167 g/mol. The Bertz CT molecular complexity index is 184. The molecule has 1 aliphatic rings. The number of nitrogens with one attached hydrogen (secondary N) is 1. The lowest BCUT2D eigenvalue weighted by Crippen LogP contribution is -2.16. The van der Waals surface area contributed by atoms with E-state index in [-0.39, 0.29) is 0 Å². The third-order valence-corrected chi connectivity index (χ3v) is 1.99. The zero-order valence-corrected chi connectivity index (χ0v) is 7.84. The number of allylic oxidation sites excluding steroid dienone is 4. The fourth-order valence-corrected chi connectivity index (χ4v) is 1.19. The van der Waals surface area contributed by atoms with Crippen LogP contribution >= 0.6 is 0 Å². The topological polar surface area (TPSA) is 21.3 Å². The number of ether oxygens (including phenoxy) is 1. The van der Waals surface area contributed by atoms with E-state index < -0.39 is 0 Å². The van der Waals surface area contributed by atoms with E-state index in [1.807, 2.05) is 7.05 Å². The van der Waals surface area contributed by atoms with Gasteiger partial charge in [-0.1, -0.05) is 19.1 Å². The molecule has 1 aliphatic carbocycles. The summed E-state index contributed by atoms with van der Waals surface area (Å²) < 4.78 is 5.58. The lowest BCUT2D eigenvalue weighted by atomic mass is 10.0. The van der Waals surface area contributed by atoms with E-state index in [0.29, 0.717) is 5.92 Å². The maximum atomic E-state index is 5.58. The molecule has 2 nitrogen and oxygen atoms in total. The second-order valence-electron chi connectivity index (χ2n) is 3.09. The Morgan fingerprint density at radius 1 is 1.67 bits per heavy atom. The first-order chi connectivity index (χ1) is 5.84. The molecule has 0 bridgehead atoms. The molecule has 0 spiro atoms. The summed E-state index contributed by atoms with van der Waals surface area (Å²) in [7, 11) is 1.93. The lowest BCUT2D eigenvalue weighted by Gasteiger charge is -2.17. The highest BCUT2D eigenvalue weighted by molar-refractivity contribution is 5.15. The van der Waals surface area contributed by atoms with E-state index >= 15 is 0 Å². The van der Waals surface area contributed by atoms with E-state index in [9.17, 15) is 0 Å². The van der Waals surface area contributed by atoms with Crippen LogP contribution in [0, 0.1) is 5.92 Å². The first-order valence-electron chi connectivity index (χ1n) is 4.48. The highest BCUT2D eigenvalue weighted by Crippen LogP contribution is 2.20. The van der Waals surface area contributed by atoms with Gasteiger partial charge < -0.3 is 10.1 Å². The minimum atomic E-state index is 0.548. The first kappa shape index (κ1) is 9.33. The molecule has 1 unspecified atom stereocenters. The third-order valence-electron chi connectivity index (χ3n) is 1.99. The van der Waals surface area contributed by atoms with Gasteiger partial charge in [0.25, 0.3) is 0 Å². The molecule has 0 saturated heterocycles. The maximum absolute atomic E-state index is 5.58. The molecule has 0 aromatic carbocycles. The summed E-state index contributed by atoms with van der Waals surface area (Å²) in [4.78, 5) is 0. The summed E-state index contributed by atoms with van der Waals surface area (Å²) in [6.45, 7) is 3.86. The molecule has 0 aromatic rings. The second-order valence-corrected chi connectivity index (χ2v) is 3.09. The number of hydrogen-bond acceptors (Lipinski definition) is 2. The molecular weight excluding hydrogens is 150 g/mol. The molecule has 0 aromatic heterocycles. The van der Waals surface area contributed by atoms with Crippen molar-refractivity contribution in [3.63, 3.8) is 0 Å². The Morgan fingerprint density at radius 2 is 2.50 bits per heavy atom. The van der Waals surface area contributed by atoms with Gasteiger partial charge in [-0.2, -0.15) is 0 Å². The Kier molecular flexibility index (Phi) is 3.88. The molecular formula is C10H17NO. The van der Waals surface area contributed by atoms with E-state index in [1.165, 1.54) is 0 Å². The van der Waals surface area contributed by atoms with Crippen molar-refractivity contribution in [2.75, 3.05) is 20.2 Å². The summed E-state index contributed by atoms with van der Waals surface area (Å²) >= 11 is 0. The van der Waals surface area contributed by atoms with Gasteiger partial charge in [-0.05, 0) is 19.5 Å². The largest absolute Gasteiger partial charge is 0.496 e. The lowest BCUT2D eigenvalue weighted by molar-refractivity contribution is 0.183. The third kappa shape index (κ3) is 2.70. The fourth-order valence-electron chi connectivity index (χ4n) is 1.19. The molecule has 68 valence electrons. The van der Waals surface area contributed by atoms with E-state index in [1.54, 1.807) is 0 Å². The van der Waals surface area contributed by atoms with Gasteiger partial charge in [0.2, 0.25) is 0 Å². The molecule has 0 amide bonds. The summed E-state index contributed by atoms with van der Waals surface area (Å²) in [6, 6.07) is 0. The van der Waals surface area contributed by atoms with Crippen molar-refractivity contribution in [1.29, 1.82) is 0 Å². The van der Waals surface area contributed by atoms with Crippen molar-refractivity contribution < 1.29 is 4.74 Å². The van der Waals surface area contributed by atoms with Gasteiger partial charge >= 0.3 is 0 Å². The molecule has 0 heterocycles. The van der Waals surface area contributed by atoms with E-state index in [0.717, 1.165) is 25.3 Å². The van der Waals surface area contributed by atoms with Crippen LogP contribution in [0.1, 0.15) is 13.3 Å². The van der Waals surface area contributed by atoms with Crippen molar-refractivity contribution in [1.82, 2.24) is 5.32 Å². The van der Waals surface area contributed by atoms with E-state index in [4.69, 9.17) is 4.74 Å². The summed E-state index contributed by atoms with van der Waals surface area (Å²) in [5.41, 5.74) is 0. The minimum absolute atomic E-state index is 0.548. The molecule has 1 rings (SSSR count). The molecule has 2 heteroatoms. The van der Waals surface area contributed by atoms with Gasteiger partial charge in [-0.3, -0.25) is 0 Å². The van der Waals surface area contributed by atoms with Crippen LogP contribution in [0.15, 0.2) is 24.0 Å². The molecule has 0 saturated carbocycles. The number of rotatable bonds is 4. The summed E-state index contributed by atoms with van der Waals surface area (Å²) in [6.07, 6.45) is 7.40. The van der Waals surface area contributed by atoms with Crippen LogP contribution < -0.4 is 5.32 Å². The van der Waals surface area contributed by atoms with Crippen molar-refractivity contribution in [3.8, 4) is 0 Å². The van der Waals surface area contributed by atoms with Crippen molar-refractivity contribution in [3.05, 3.63) is 24.0 Å². The standard InChI is InChI=1S/C10H17NO/c1-9-5-3-4-6-10(9)12-8-7-11-2/h3-4,6,9,11H,5,7-8H2,1-2H3. The van der Waals surface area contributed by atoms with Crippen LogP contribution in [-0.4, -0.2) is 20.2 Å². The Balaban J connectivity index is 2.29. The van der Waals surface area contributed by atoms with Gasteiger partial charge in [-0.25, -0.2) is 0 Å². The Morgan fingerprint density at radius 3 is 3.17 bits per heavy atom. The van der Waals surface area contributed by atoms with Gasteiger partial charge in [0.15, 0.2) is 0 Å². The first-order valence-corrected chi connectivity index (χ1v) is 4.48. The molecule has 0 fully saturated rings. The van der Waals surface area contributed by atoms with E-state index in [2.05, 4.69) is 30.5 Å². The summed E-state index contributed by atoms with van der Waals surface area (Å²) in [5.74, 6) is 1.67. The maximum Gasteiger partial charge on any atom is 0.100 e. The van der Waals surface area contributed by atoms with Gasteiger partial charge in [0.05, 0.1) is 5.76 Å². The zero-order chi connectivity index (χ0) is 8.81. The average Bonchev–Trinajstić information content (AvgIpc) is 2.09. The van der Waals surface area contributed by atoms with Crippen molar-refractivity contribution in [2.24, 2.45) is 5.92 Å². The Hall–Kier alpha value is -0.760. The normalized spacial score (nSPS) is 22.2. The number of likely N-dealkylation sites (N-methyl/N-ethyl adjacent to an activating group) is 1. The van der Waals surface area contributed by atoms with Crippen LogP contribution in [0.3, 0.4) is 0 Å². The molecule has 12 heavy (non-hydrogen) atoms. The predicted molar refractivity (Wildman–Crippen MR) is 50.9 cm³/mol. The van der Waals surface area contributed by atoms with Crippen LogP contribution in [0.4, 0.5) is 0 Å². The number of hydrogen-bond donors (Lipinski definition) is 1. The second kappa shape index (κ2) is 4.99. The van der Waals surface area contributed by atoms with Crippen molar-refractivity contribution >= 4 is 0 Å². The van der Waals surface area contributed by atoms with Gasteiger partial charge in [-0.15, -0.1) is 0 Å². The molecule has 1 atom stereocenters.